The van der Waals surface area contributed by atoms with E-state index in [0.29, 0.717) is 0 Å². The maximum absolute atomic E-state index is 11.7. The number of nitrogens with one attached hydrogen (secondary N) is 1. The highest BCUT2D eigenvalue weighted by Gasteiger charge is 2.10. The summed E-state index contributed by atoms with van der Waals surface area (Å²) in [5.41, 5.74) is 8.14. The Morgan fingerprint density at radius 3 is 2.11 bits per heavy atom. The van der Waals surface area contributed by atoms with Crippen LogP contribution < -0.4 is 11.1 Å². The summed E-state index contributed by atoms with van der Waals surface area (Å²) >= 11 is 0. The van der Waals surface area contributed by atoms with Gasteiger partial charge in [-0.15, -0.1) is 0 Å². The Kier molecular flexibility index (Phi) is 5.36. The average molecular weight is 248 g/mol. The van der Waals surface area contributed by atoms with Gasteiger partial charge in [0, 0.05) is 18.5 Å². The Labute approximate surface area is 108 Å². The van der Waals surface area contributed by atoms with Crippen LogP contribution in [-0.2, 0) is 22.4 Å². The molecule has 98 valence electrons. The van der Waals surface area contributed by atoms with Crippen LogP contribution in [0, 0.1) is 0 Å². The third kappa shape index (κ3) is 3.87. The topological polar surface area (TPSA) is 72.2 Å². The first-order valence-electron chi connectivity index (χ1n) is 6.27. The Morgan fingerprint density at radius 2 is 1.67 bits per heavy atom. The molecule has 18 heavy (non-hydrogen) atoms. The number of hydrogen-bond acceptors (Lipinski definition) is 2. The molecule has 4 heteroatoms. The van der Waals surface area contributed by atoms with E-state index in [2.05, 4.69) is 5.32 Å². The number of carbonyl (C=O) groups is 2. The number of hydrogen-bond donors (Lipinski definition) is 2. The van der Waals surface area contributed by atoms with Crippen LogP contribution in [0.5, 0.6) is 0 Å². The summed E-state index contributed by atoms with van der Waals surface area (Å²) in [4.78, 5) is 22.4. The molecule has 0 aliphatic carbocycles. The van der Waals surface area contributed by atoms with E-state index in [0.717, 1.165) is 29.7 Å². The second-order valence-corrected chi connectivity index (χ2v) is 4.17. The van der Waals surface area contributed by atoms with Crippen LogP contribution in [0.1, 0.15) is 37.8 Å². The molecule has 0 spiro atoms. The molecule has 0 fully saturated rings. The molecule has 0 saturated heterocycles. The standard InChI is InChI=1S/C14H20N2O2/c1-3-10-6-5-7-11(4-2)14(10)16-13(18)9-8-12(15)17/h5-7H,3-4,8-9H2,1-2H3,(H2,15,17)(H,16,18). The van der Waals surface area contributed by atoms with Crippen molar-refractivity contribution in [2.24, 2.45) is 5.73 Å². The van der Waals surface area contributed by atoms with E-state index < -0.39 is 5.91 Å². The molecule has 0 atom stereocenters. The van der Waals surface area contributed by atoms with Crippen LogP contribution in [0.25, 0.3) is 0 Å². The number of aryl methyl sites for hydroxylation is 2. The molecule has 4 nitrogen and oxygen atoms in total. The second kappa shape index (κ2) is 6.79. The van der Waals surface area contributed by atoms with Gasteiger partial charge in [0.1, 0.15) is 0 Å². The summed E-state index contributed by atoms with van der Waals surface area (Å²) in [7, 11) is 0. The zero-order valence-corrected chi connectivity index (χ0v) is 11.0. The molecule has 0 radical (unpaired) electrons. The van der Waals surface area contributed by atoms with Crippen molar-refractivity contribution >= 4 is 17.5 Å². The van der Waals surface area contributed by atoms with Gasteiger partial charge in [-0.1, -0.05) is 32.0 Å². The van der Waals surface area contributed by atoms with Gasteiger partial charge in [0.2, 0.25) is 11.8 Å². The van der Waals surface area contributed by atoms with Gasteiger partial charge >= 0.3 is 0 Å². The Morgan fingerprint density at radius 1 is 1.11 bits per heavy atom. The molecule has 1 aromatic carbocycles. The largest absolute Gasteiger partial charge is 0.370 e. The summed E-state index contributed by atoms with van der Waals surface area (Å²) < 4.78 is 0. The number of amides is 2. The zero-order chi connectivity index (χ0) is 13.5. The van der Waals surface area contributed by atoms with Crippen molar-refractivity contribution in [1.29, 1.82) is 0 Å². The molecule has 3 N–H and O–H groups in total. The van der Waals surface area contributed by atoms with Crippen molar-refractivity contribution in [1.82, 2.24) is 0 Å². The van der Waals surface area contributed by atoms with E-state index in [1.807, 2.05) is 32.0 Å². The molecule has 0 aromatic heterocycles. The van der Waals surface area contributed by atoms with E-state index in [1.165, 1.54) is 0 Å². The van der Waals surface area contributed by atoms with Gasteiger partial charge in [0.25, 0.3) is 0 Å². The van der Waals surface area contributed by atoms with Gasteiger partial charge in [0.05, 0.1) is 0 Å². The van der Waals surface area contributed by atoms with Gasteiger partial charge in [-0.25, -0.2) is 0 Å². The van der Waals surface area contributed by atoms with Crippen LogP contribution in [0.3, 0.4) is 0 Å². The first kappa shape index (κ1) is 14.2. The van der Waals surface area contributed by atoms with Crippen LogP contribution in [0.4, 0.5) is 5.69 Å². The van der Waals surface area contributed by atoms with Gasteiger partial charge in [0.15, 0.2) is 0 Å². The molecule has 0 bridgehead atoms. The summed E-state index contributed by atoms with van der Waals surface area (Å²) in [6.45, 7) is 4.10. The predicted molar refractivity (Wildman–Crippen MR) is 72.3 cm³/mol. The predicted octanol–water partition coefficient (Wildman–Crippen LogP) is 2.02. The van der Waals surface area contributed by atoms with Gasteiger partial charge < -0.3 is 11.1 Å². The highest BCUT2D eigenvalue weighted by molar-refractivity contribution is 5.94. The number of anilines is 1. The minimum Gasteiger partial charge on any atom is -0.370 e. The molecule has 1 aromatic rings. The van der Waals surface area contributed by atoms with Crippen molar-refractivity contribution < 1.29 is 9.59 Å². The maximum atomic E-state index is 11.7. The summed E-state index contributed by atoms with van der Waals surface area (Å²) in [5, 5.41) is 2.89. The second-order valence-electron chi connectivity index (χ2n) is 4.17. The first-order chi connectivity index (χ1) is 8.58. The fourth-order valence-electron chi connectivity index (χ4n) is 1.84. The normalized spacial score (nSPS) is 10.1. The van der Waals surface area contributed by atoms with Crippen LogP contribution >= 0.6 is 0 Å². The summed E-state index contributed by atoms with van der Waals surface area (Å²) in [5.74, 6) is -0.617. The van der Waals surface area contributed by atoms with Crippen molar-refractivity contribution in [3.63, 3.8) is 0 Å². The monoisotopic (exact) mass is 248 g/mol. The van der Waals surface area contributed by atoms with Crippen molar-refractivity contribution in [3.8, 4) is 0 Å². The molecule has 0 aliphatic heterocycles. The zero-order valence-electron chi connectivity index (χ0n) is 11.0. The molecule has 0 unspecified atom stereocenters. The summed E-state index contributed by atoms with van der Waals surface area (Å²) in [6.07, 6.45) is 1.94. The molecule has 2 amide bonds. The molecule has 1 rings (SSSR count). The fraction of sp³-hybridized carbons (Fsp3) is 0.429. The number of rotatable bonds is 6. The smallest absolute Gasteiger partial charge is 0.224 e. The highest BCUT2D eigenvalue weighted by atomic mass is 16.2. The first-order valence-corrected chi connectivity index (χ1v) is 6.27. The lowest BCUT2D eigenvalue weighted by Crippen LogP contribution is -2.18. The minimum atomic E-state index is -0.454. The third-order valence-corrected chi connectivity index (χ3v) is 2.86. The number of carbonyl (C=O) groups excluding carboxylic acids is 2. The number of primary amides is 1. The highest BCUT2D eigenvalue weighted by Crippen LogP contribution is 2.22. The van der Waals surface area contributed by atoms with E-state index in [9.17, 15) is 9.59 Å². The number of para-hydroxylation sites is 1. The minimum absolute atomic E-state index is 0.0849. The lowest BCUT2D eigenvalue weighted by molar-refractivity contribution is -0.122. The van der Waals surface area contributed by atoms with Crippen LogP contribution in [-0.4, -0.2) is 11.8 Å². The van der Waals surface area contributed by atoms with E-state index >= 15 is 0 Å². The molecular formula is C14H20N2O2. The van der Waals surface area contributed by atoms with E-state index in [-0.39, 0.29) is 18.7 Å². The van der Waals surface area contributed by atoms with E-state index in [4.69, 9.17) is 5.73 Å². The Bertz CT molecular complexity index is 419. The number of benzene rings is 1. The lowest BCUT2D eigenvalue weighted by Gasteiger charge is -2.14. The van der Waals surface area contributed by atoms with Gasteiger partial charge in [-0.05, 0) is 24.0 Å². The molecular weight excluding hydrogens is 228 g/mol. The van der Waals surface area contributed by atoms with Crippen molar-refractivity contribution in [3.05, 3.63) is 29.3 Å². The summed E-state index contributed by atoms with van der Waals surface area (Å²) in [6, 6.07) is 6.00. The van der Waals surface area contributed by atoms with E-state index in [1.54, 1.807) is 0 Å². The van der Waals surface area contributed by atoms with Crippen molar-refractivity contribution in [2.45, 2.75) is 39.5 Å². The SMILES string of the molecule is CCc1cccc(CC)c1NC(=O)CCC(N)=O. The fourth-order valence-corrected chi connectivity index (χ4v) is 1.84. The molecule has 0 aliphatic rings. The molecule has 0 saturated carbocycles. The Hall–Kier alpha value is -1.84. The van der Waals surface area contributed by atoms with Gasteiger partial charge in [-0.2, -0.15) is 0 Å². The lowest BCUT2D eigenvalue weighted by atomic mass is 10.0. The van der Waals surface area contributed by atoms with Crippen LogP contribution in [0.15, 0.2) is 18.2 Å². The molecule has 0 heterocycles. The Balaban J connectivity index is 2.82. The van der Waals surface area contributed by atoms with Crippen molar-refractivity contribution in [2.75, 3.05) is 5.32 Å². The average Bonchev–Trinajstić information content (AvgIpc) is 2.36. The van der Waals surface area contributed by atoms with Gasteiger partial charge in [-0.3, -0.25) is 9.59 Å². The van der Waals surface area contributed by atoms with Crippen LogP contribution in [0.2, 0.25) is 0 Å². The third-order valence-electron chi connectivity index (χ3n) is 2.86. The quantitative estimate of drug-likeness (QED) is 0.808. The maximum Gasteiger partial charge on any atom is 0.224 e. The number of nitrogens with two attached hydrogens (primary N) is 1.